The standard InChI is InChI=1S/C21H20FNO4/c1-4-11-27-18-10-9-17(22)19-20(18)23(13(2)24)12-16(21(19)25)14-5-7-15(26-3)8-6-14/h5-10,12H,4,11H2,1-3H3. The van der Waals surface area contributed by atoms with Gasteiger partial charge in [0.1, 0.15) is 22.8 Å². The average molecular weight is 369 g/mol. The Morgan fingerprint density at radius 1 is 1.15 bits per heavy atom. The molecule has 0 N–H and O–H groups in total. The summed E-state index contributed by atoms with van der Waals surface area (Å²) in [4.78, 5) is 25.3. The van der Waals surface area contributed by atoms with E-state index in [1.807, 2.05) is 6.92 Å². The number of hydrogen-bond acceptors (Lipinski definition) is 4. The molecule has 6 heteroatoms. The van der Waals surface area contributed by atoms with Crippen LogP contribution in [0.4, 0.5) is 4.39 Å². The van der Waals surface area contributed by atoms with Gasteiger partial charge in [0.05, 0.1) is 19.1 Å². The van der Waals surface area contributed by atoms with Crippen molar-refractivity contribution in [3.05, 3.63) is 58.6 Å². The summed E-state index contributed by atoms with van der Waals surface area (Å²) in [6, 6.07) is 9.43. The molecule has 0 saturated carbocycles. The summed E-state index contributed by atoms with van der Waals surface area (Å²) < 4.78 is 26.7. The smallest absolute Gasteiger partial charge is 0.228 e. The minimum absolute atomic E-state index is 0.151. The van der Waals surface area contributed by atoms with E-state index in [4.69, 9.17) is 9.47 Å². The third kappa shape index (κ3) is 3.43. The Balaban J connectivity index is 2.35. The van der Waals surface area contributed by atoms with Crippen molar-refractivity contribution < 1.29 is 18.7 Å². The lowest BCUT2D eigenvalue weighted by molar-refractivity contribution is 0.0940. The van der Waals surface area contributed by atoms with Crippen LogP contribution in [0.5, 0.6) is 11.5 Å². The fourth-order valence-electron chi connectivity index (χ4n) is 2.94. The molecule has 0 saturated heterocycles. The molecule has 140 valence electrons. The SMILES string of the molecule is CCCOc1ccc(F)c2c(=O)c(-c3ccc(OC)cc3)cn(C(C)=O)c12. The first kappa shape index (κ1) is 18.6. The first-order chi connectivity index (χ1) is 13.0. The number of pyridine rings is 1. The number of aromatic nitrogens is 1. The van der Waals surface area contributed by atoms with Crippen molar-refractivity contribution in [1.82, 2.24) is 4.57 Å². The van der Waals surface area contributed by atoms with Gasteiger partial charge < -0.3 is 9.47 Å². The first-order valence-corrected chi connectivity index (χ1v) is 8.64. The van der Waals surface area contributed by atoms with Crippen LogP contribution in [-0.2, 0) is 0 Å². The lowest BCUT2D eigenvalue weighted by Crippen LogP contribution is -2.18. The fraction of sp³-hybridized carbons (Fsp3) is 0.238. The quantitative estimate of drug-likeness (QED) is 0.674. The number of ether oxygens (including phenoxy) is 2. The van der Waals surface area contributed by atoms with Crippen molar-refractivity contribution >= 4 is 16.8 Å². The van der Waals surface area contributed by atoms with Gasteiger partial charge in [0.2, 0.25) is 5.91 Å². The van der Waals surface area contributed by atoms with E-state index in [9.17, 15) is 14.0 Å². The molecule has 3 aromatic rings. The number of nitrogens with zero attached hydrogens (tertiary/aromatic N) is 1. The molecule has 3 rings (SSSR count). The largest absolute Gasteiger partial charge is 0.497 e. The zero-order valence-corrected chi connectivity index (χ0v) is 15.4. The topological polar surface area (TPSA) is 57.5 Å². The second-order valence-corrected chi connectivity index (χ2v) is 6.11. The number of hydrogen-bond donors (Lipinski definition) is 0. The van der Waals surface area contributed by atoms with Gasteiger partial charge >= 0.3 is 0 Å². The van der Waals surface area contributed by atoms with Crippen LogP contribution in [0.25, 0.3) is 22.0 Å². The first-order valence-electron chi connectivity index (χ1n) is 8.64. The summed E-state index contributed by atoms with van der Waals surface area (Å²) in [5.41, 5.74) is 0.453. The van der Waals surface area contributed by atoms with Crippen molar-refractivity contribution in [2.75, 3.05) is 13.7 Å². The molecule has 0 unspecified atom stereocenters. The summed E-state index contributed by atoms with van der Waals surface area (Å²) in [5, 5.41) is -0.160. The van der Waals surface area contributed by atoms with Crippen LogP contribution >= 0.6 is 0 Å². The van der Waals surface area contributed by atoms with Gasteiger partial charge in [0.15, 0.2) is 5.43 Å². The molecule has 0 bridgehead atoms. The maximum Gasteiger partial charge on any atom is 0.228 e. The van der Waals surface area contributed by atoms with Gasteiger partial charge in [-0.1, -0.05) is 19.1 Å². The Kier molecular flexibility index (Phi) is 5.26. The van der Waals surface area contributed by atoms with Crippen LogP contribution in [0.15, 0.2) is 47.4 Å². The van der Waals surface area contributed by atoms with E-state index in [0.717, 1.165) is 6.42 Å². The maximum absolute atomic E-state index is 14.6. The highest BCUT2D eigenvalue weighted by Crippen LogP contribution is 2.29. The van der Waals surface area contributed by atoms with Gasteiger partial charge in [0, 0.05) is 18.7 Å². The molecular formula is C21H20FNO4. The number of methoxy groups -OCH3 is 1. The molecule has 0 fully saturated rings. The average Bonchev–Trinajstić information content (AvgIpc) is 2.67. The predicted molar refractivity (Wildman–Crippen MR) is 102 cm³/mol. The number of rotatable bonds is 5. The molecule has 1 aromatic heterocycles. The van der Waals surface area contributed by atoms with Crippen molar-refractivity contribution in [2.45, 2.75) is 20.3 Å². The van der Waals surface area contributed by atoms with Crippen molar-refractivity contribution in [3.63, 3.8) is 0 Å². The normalized spacial score (nSPS) is 10.8. The molecular weight excluding hydrogens is 349 g/mol. The predicted octanol–water partition coefficient (Wildman–Crippen LogP) is 4.27. The molecule has 0 aliphatic carbocycles. The van der Waals surface area contributed by atoms with Crippen LogP contribution in [-0.4, -0.2) is 24.2 Å². The third-order valence-electron chi connectivity index (χ3n) is 4.26. The number of carbonyl (C=O) groups excluding carboxylic acids is 1. The van der Waals surface area contributed by atoms with E-state index in [-0.39, 0.29) is 22.4 Å². The van der Waals surface area contributed by atoms with Crippen LogP contribution < -0.4 is 14.9 Å². The van der Waals surface area contributed by atoms with E-state index in [2.05, 4.69) is 0 Å². The van der Waals surface area contributed by atoms with Crippen molar-refractivity contribution in [3.8, 4) is 22.6 Å². The van der Waals surface area contributed by atoms with Crippen LogP contribution in [0, 0.1) is 5.82 Å². The summed E-state index contributed by atoms with van der Waals surface area (Å²) in [6.45, 7) is 3.69. The molecule has 0 amide bonds. The Hall–Kier alpha value is -3.15. The highest BCUT2D eigenvalue weighted by molar-refractivity contribution is 5.96. The third-order valence-corrected chi connectivity index (χ3v) is 4.26. The van der Waals surface area contributed by atoms with Crippen molar-refractivity contribution in [2.24, 2.45) is 0 Å². The molecule has 0 spiro atoms. The zero-order chi connectivity index (χ0) is 19.6. The van der Waals surface area contributed by atoms with E-state index >= 15 is 0 Å². The number of fused-ring (bicyclic) bond motifs is 1. The fourth-order valence-corrected chi connectivity index (χ4v) is 2.94. The van der Waals surface area contributed by atoms with Gasteiger partial charge in [-0.3, -0.25) is 14.2 Å². The monoisotopic (exact) mass is 369 g/mol. The summed E-state index contributed by atoms with van der Waals surface area (Å²) in [6.07, 6.45) is 2.18. The number of benzene rings is 2. The minimum Gasteiger partial charge on any atom is -0.497 e. The molecule has 0 radical (unpaired) electrons. The van der Waals surface area contributed by atoms with Gasteiger partial charge in [-0.15, -0.1) is 0 Å². The summed E-state index contributed by atoms with van der Waals surface area (Å²) >= 11 is 0. The second kappa shape index (κ2) is 7.61. The minimum atomic E-state index is -0.691. The molecule has 0 aliphatic rings. The lowest BCUT2D eigenvalue weighted by Gasteiger charge is -2.15. The molecule has 0 atom stereocenters. The Labute approximate surface area is 156 Å². The number of halogens is 1. The summed E-state index contributed by atoms with van der Waals surface area (Å²) in [7, 11) is 1.54. The van der Waals surface area contributed by atoms with Gasteiger partial charge in [-0.25, -0.2) is 4.39 Å². The number of carbonyl (C=O) groups is 1. The maximum atomic E-state index is 14.6. The molecule has 2 aromatic carbocycles. The Morgan fingerprint density at radius 2 is 1.85 bits per heavy atom. The highest BCUT2D eigenvalue weighted by Gasteiger charge is 2.19. The molecule has 1 heterocycles. The second-order valence-electron chi connectivity index (χ2n) is 6.11. The van der Waals surface area contributed by atoms with Crippen molar-refractivity contribution in [1.29, 1.82) is 0 Å². The van der Waals surface area contributed by atoms with E-state index in [1.165, 1.54) is 29.8 Å². The van der Waals surface area contributed by atoms with Crippen LogP contribution in [0.1, 0.15) is 25.1 Å². The lowest BCUT2D eigenvalue weighted by atomic mass is 10.0. The Bertz CT molecular complexity index is 1050. The zero-order valence-electron chi connectivity index (χ0n) is 15.4. The molecule has 27 heavy (non-hydrogen) atoms. The van der Waals surface area contributed by atoms with E-state index in [1.54, 1.807) is 31.4 Å². The highest BCUT2D eigenvalue weighted by atomic mass is 19.1. The van der Waals surface area contributed by atoms with Crippen LogP contribution in [0.3, 0.4) is 0 Å². The molecule has 0 aliphatic heterocycles. The van der Waals surface area contributed by atoms with Gasteiger partial charge in [-0.2, -0.15) is 0 Å². The van der Waals surface area contributed by atoms with Gasteiger partial charge in [-0.05, 0) is 36.2 Å². The van der Waals surface area contributed by atoms with E-state index in [0.29, 0.717) is 23.7 Å². The van der Waals surface area contributed by atoms with Crippen LogP contribution in [0.2, 0.25) is 0 Å². The van der Waals surface area contributed by atoms with E-state index < -0.39 is 11.2 Å². The summed E-state index contributed by atoms with van der Waals surface area (Å²) in [5.74, 6) is -0.0967. The Morgan fingerprint density at radius 3 is 2.44 bits per heavy atom. The molecule has 5 nitrogen and oxygen atoms in total. The van der Waals surface area contributed by atoms with Gasteiger partial charge in [0.25, 0.3) is 0 Å².